The molecule has 0 aromatic carbocycles. The molecule has 0 saturated heterocycles. The minimum absolute atomic E-state index is 0.268. The van der Waals surface area contributed by atoms with E-state index in [0.717, 1.165) is 17.7 Å². The van der Waals surface area contributed by atoms with E-state index in [-0.39, 0.29) is 5.54 Å². The van der Waals surface area contributed by atoms with Crippen molar-refractivity contribution in [1.82, 2.24) is 14.5 Å². The number of rotatable bonds is 3. The molecule has 94 valence electrons. The monoisotopic (exact) mass is 242 g/mol. The number of anilines is 1. The summed E-state index contributed by atoms with van der Waals surface area (Å²) in [4.78, 5) is 8.37. The van der Waals surface area contributed by atoms with Gasteiger partial charge < -0.3 is 10.3 Å². The second-order valence-electron chi connectivity index (χ2n) is 5.05. The van der Waals surface area contributed by atoms with Gasteiger partial charge >= 0.3 is 0 Å². The van der Waals surface area contributed by atoms with Crippen LogP contribution in [0.5, 0.6) is 0 Å². The van der Waals surface area contributed by atoms with Gasteiger partial charge in [-0.25, -0.2) is 9.97 Å². The van der Waals surface area contributed by atoms with E-state index in [9.17, 15) is 0 Å². The highest BCUT2D eigenvalue weighted by molar-refractivity contribution is 5.62. The zero-order valence-corrected chi connectivity index (χ0v) is 10.6. The summed E-state index contributed by atoms with van der Waals surface area (Å²) in [5.74, 6) is 0.555. The first-order valence-corrected chi connectivity index (χ1v) is 6.50. The highest BCUT2D eigenvalue weighted by Gasteiger charge is 2.38. The molecule has 3 rings (SSSR count). The number of nitrogen functional groups attached to an aromatic ring is 1. The van der Waals surface area contributed by atoms with E-state index in [1.807, 2.05) is 24.7 Å². The second-order valence-corrected chi connectivity index (χ2v) is 5.05. The fourth-order valence-corrected chi connectivity index (χ4v) is 2.84. The average Bonchev–Trinajstić information content (AvgIpc) is 2.78. The summed E-state index contributed by atoms with van der Waals surface area (Å²) < 4.78 is 2.32. The van der Waals surface area contributed by atoms with Crippen LogP contribution in [0.15, 0.2) is 30.9 Å². The van der Waals surface area contributed by atoms with Crippen LogP contribution in [0.25, 0.3) is 11.3 Å². The van der Waals surface area contributed by atoms with E-state index in [0.29, 0.717) is 5.82 Å². The van der Waals surface area contributed by atoms with E-state index >= 15 is 0 Å². The molecular formula is C14H18N4. The van der Waals surface area contributed by atoms with E-state index in [4.69, 9.17) is 5.73 Å². The summed E-state index contributed by atoms with van der Waals surface area (Å²) in [7, 11) is 0. The van der Waals surface area contributed by atoms with Crippen LogP contribution in [0.1, 0.15) is 32.6 Å². The molecule has 2 aromatic rings. The lowest BCUT2D eigenvalue weighted by Crippen LogP contribution is -2.39. The number of imidazole rings is 1. The predicted molar refractivity (Wildman–Crippen MR) is 72.0 cm³/mol. The minimum Gasteiger partial charge on any atom is -0.384 e. The number of aromatic nitrogens is 3. The summed E-state index contributed by atoms with van der Waals surface area (Å²) in [6.07, 6.45) is 10.6. The van der Waals surface area contributed by atoms with Crippen molar-refractivity contribution in [1.29, 1.82) is 0 Å². The quantitative estimate of drug-likeness (QED) is 0.900. The summed E-state index contributed by atoms with van der Waals surface area (Å²) in [6.45, 7) is 2.25. The molecule has 4 nitrogen and oxygen atoms in total. The summed E-state index contributed by atoms with van der Waals surface area (Å²) in [5.41, 5.74) is 8.27. The Hall–Kier alpha value is -1.84. The lowest BCUT2D eigenvalue weighted by molar-refractivity contribution is 0.138. The standard InChI is InChI=1S/C14H18N4/c1-2-14(5-3-6-14)18-10-16-9-12(18)11-4-7-17-13(15)8-11/h4,7-10H,2-3,5-6H2,1H3,(H2,15,17). The Bertz CT molecular complexity index is 549. The van der Waals surface area contributed by atoms with Crippen molar-refractivity contribution in [3.8, 4) is 11.3 Å². The Morgan fingerprint density at radius 2 is 2.28 bits per heavy atom. The lowest BCUT2D eigenvalue weighted by Gasteiger charge is -2.43. The largest absolute Gasteiger partial charge is 0.384 e. The van der Waals surface area contributed by atoms with Crippen molar-refractivity contribution in [2.75, 3.05) is 5.73 Å². The Morgan fingerprint density at radius 1 is 1.44 bits per heavy atom. The zero-order chi connectivity index (χ0) is 12.6. The highest BCUT2D eigenvalue weighted by Crippen LogP contribution is 2.44. The SMILES string of the molecule is CCC1(n2cncc2-c2ccnc(N)c2)CCC1. The molecule has 0 aliphatic heterocycles. The Balaban J connectivity index is 2.07. The topological polar surface area (TPSA) is 56.7 Å². The van der Waals surface area contributed by atoms with E-state index in [2.05, 4.69) is 21.5 Å². The molecule has 0 amide bonds. The van der Waals surface area contributed by atoms with Crippen LogP contribution >= 0.6 is 0 Å². The van der Waals surface area contributed by atoms with Crippen molar-refractivity contribution >= 4 is 5.82 Å². The van der Waals surface area contributed by atoms with Crippen molar-refractivity contribution in [2.45, 2.75) is 38.1 Å². The van der Waals surface area contributed by atoms with Gasteiger partial charge in [-0.3, -0.25) is 0 Å². The predicted octanol–water partition coefficient (Wildman–Crippen LogP) is 2.82. The maximum atomic E-state index is 5.76. The molecule has 0 spiro atoms. The van der Waals surface area contributed by atoms with Gasteiger partial charge in [-0.1, -0.05) is 6.92 Å². The van der Waals surface area contributed by atoms with Crippen LogP contribution in [0.3, 0.4) is 0 Å². The van der Waals surface area contributed by atoms with E-state index in [1.54, 1.807) is 6.20 Å². The number of pyridine rings is 1. The van der Waals surface area contributed by atoms with Gasteiger partial charge in [0.2, 0.25) is 0 Å². The Morgan fingerprint density at radius 3 is 2.89 bits per heavy atom. The van der Waals surface area contributed by atoms with Gasteiger partial charge in [0, 0.05) is 17.3 Å². The van der Waals surface area contributed by atoms with Crippen molar-refractivity contribution in [2.24, 2.45) is 0 Å². The second kappa shape index (κ2) is 4.12. The third kappa shape index (κ3) is 1.60. The number of nitrogens with two attached hydrogens (primary N) is 1. The van der Waals surface area contributed by atoms with Gasteiger partial charge in [-0.15, -0.1) is 0 Å². The van der Waals surface area contributed by atoms with Gasteiger partial charge in [-0.2, -0.15) is 0 Å². The third-order valence-electron chi connectivity index (χ3n) is 4.17. The normalized spacial score (nSPS) is 17.4. The minimum atomic E-state index is 0.268. The van der Waals surface area contributed by atoms with E-state index in [1.165, 1.54) is 19.3 Å². The maximum absolute atomic E-state index is 5.76. The summed E-state index contributed by atoms with van der Waals surface area (Å²) in [5, 5.41) is 0. The fraction of sp³-hybridized carbons (Fsp3) is 0.429. The molecular weight excluding hydrogens is 224 g/mol. The molecule has 18 heavy (non-hydrogen) atoms. The van der Waals surface area contributed by atoms with Crippen LogP contribution in [0.4, 0.5) is 5.82 Å². The fourth-order valence-electron chi connectivity index (χ4n) is 2.84. The molecule has 0 radical (unpaired) electrons. The molecule has 1 fully saturated rings. The molecule has 2 N–H and O–H groups in total. The van der Waals surface area contributed by atoms with Crippen LogP contribution in [0.2, 0.25) is 0 Å². The van der Waals surface area contributed by atoms with Gasteiger partial charge in [0.15, 0.2) is 0 Å². The van der Waals surface area contributed by atoms with Gasteiger partial charge in [0.25, 0.3) is 0 Å². The molecule has 2 heterocycles. The molecule has 4 heteroatoms. The van der Waals surface area contributed by atoms with Gasteiger partial charge in [0.05, 0.1) is 18.2 Å². The Kier molecular flexibility index (Phi) is 2.58. The maximum Gasteiger partial charge on any atom is 0.123 e. The molecule has 2 aromatic heterocycles. The van der Waals surface area contributed by atoms with Gasteiger partial charge in [0.1, 0.15) is 5.82 Å². The van der Waals surface area contributed by atoms with E-state index < -0.39 is 0 Å². The van der Waals surface area contributed by atoms with Crippen LogP contribution < -0.4 is 5.73 Å². The molecule has 1 aliphatic rings. The first-order chi connectivity index (χ1) is 8.75. The van der Waals surface area contributed by atoms with Gasteiger partial charge in [-0.05, 0) is 37.8 Å². The van der Waals surface area contributed by atoms with Crippen molar-refractivity contribution in [3.05, 3.63) is 30.9 Å². The van der Waals surface area contributed by atoms with Crippen molar-refractivity contribution < 1.29 is 0 Å². The highest BCUT2D eigenvalue weighted by atomic mass is 15.1. The molecule has 1 aliphatic carbocycles. The van der Waals surface area contributed by atoms with Crippen molar-refractivity contribution in [3.63, 3.8) is 0 Å². The van der Waals surface area contributed by atoms with Crippen LogP contribution in [-0.2, 0) is 5.54 Å². The number of hydrogen-bond acceptors (Lipinski definition) is 3. The molecule has 0 bridgehead atoms. The molecule has 0 unspecified atom stereocenters. The summed E-state index contributed by atoms with van der Waals surface area (Å²) in [6, 6.07) is 3.90. The number of hydrogen-bond donors (Lipinski definition) is 1. The first-order valence-electron chi connectivity index (χ1n) is 6.50. The molecule has 0 atom stereocenters. The summed E-state index contributed by atoms with van der Waals surface area (Å²) >= 11 is 0. The van der Waals surface area contributed by atoms with Crippen LogP contribution in [0, 0.1) is 0 Å². The smallest absolute Gasteiger partial charge is 0.123 e. The number of nitrogens with zero attached hydrogens (tertiary/aromatic N) is 3. The van der Waals surface area contributed by atoms with Crippen LogP contribution in [-0.4, -0.2) is 14.5 Å². The Labute approximate surface area is 107 Å². The molecule has 1 saturated carbocycles. The first kappa shape index (κ1) is 11.3. The average molecular weight is 242 g/mol. The lowest BCUT2D eigenvalue weighted by atomic mass is 9.74. The third-order valence-corrected chi connectivity index (χ3v) is 4.17. The zero-order valence-electron chi connectivity index (χ0n) is 10.6.